The van der Waals surface area contributed by atoms with Crippen molar-refractivity contribution >= 4 is 33.2 Å². The zero-order valence-corrected chi connectivity index (χ0v) is 16.8. The first-order valence-corrected chi connectivity index (χ1v) is 11.6. The summed E-state index contributed by atoms with van der Waals surface area (Å²) in [5, 5.41) is 4.03. The van der Waals surface area contributed by atoms with Crippen LogP contribution >= 0.6 is 11.5 Å². The Morgan fingerprint density at radius 2 is 2.14 bits per heavy atom. The molecule has 2 atom stereocenters. The largest absolute Gasteiger partial charge is 0.453 e. The van der Waals surface area contributed by atoms with E-state index in [1.54, 1.807) is 23.1 Å². The highest BCUT2D eigenvalue weighted by Crippen LogP contribution is 2.35. The minimum Gasteiger partial charge on any atom is -0.453 e. The van der Waals surface area contributed by atoms with E-state index in [2.05, 4.69) is 9.59 Å². The minimum absolute atomic E-state index is 0.0731. The monoisotopic (exact) mass is 421 g/mol. The van der Waals surface area contributed by atoms with Crippen LogP contribution in [0.2, 0.25) is 0 Å². The van der Waals surface area contributed by atoms with E-state index in [1.165, 1.54) is 0 Å². The number of likely N-dealkylation sites (tertiary alicyclic amines) is 1. The van der Waals surface area contributed by atoms with Crippen molar-refractivity contribution in [1.29, 1.82) is 0 Å². The van der Waals surface area contributed by atoms with Gasteiger partial charge in [0.25, 0.3) is 0 Å². The second-order valence-electron chi connectivity index (χ2n) is 7.08. The van der Waals surface area contributed by atoms with E-state index in [1.807, 2.05) is 6.07 Å². The summed E-state index contributed by atoms with van der Waals surface area (Å²) < 4.78 is 33.2. The molecule has 0 N–H and O–H groups in total. The van der Waals surface area contributed by atoms with Gasteiger partial charge in [-0.3, -0.25) is 4.79 Å². The number of carbonyl (C=O) groups excluding carboxylic acids is 2. The van der Waals surface area contributed by atoms with Crippen LogP contribution in [0.25, 0.3) is 0 Å². The van der Waals surface area contributed by atoms with E-state index < -0.39 is 21.9 Å². The van der Waals surface area contributed by atoms with Crippen molar-refractivity contribution in [3.05, 3.63) is 41.1 Å². The fourth-order valence-electron chi connectivity index (χ4n) is 3.78. The molecule has 0 aliphatic carbocycles. The first-order chi connectivity index (χ1) is 13.3. The van der Waals surface area contributed by atoms with Crippen molar-refractivity contribution in [2.45, 2.75) is 35.5 Å². The smallest absolute Gasteiger partial charge is 0.339 e. The number of hydrogen-bond donors (Lipinski definition) is 0. The second kappa shape index (κ2) is 7.25. The van der Waals surface area contributed by atoms with E-state index in [-0.39, 0.29) is 22.5 Å². The summed E-state index contributed by atoms with van der Waals surface area (Å²) in [6, 6.07) is 7.08. The molecule has 28 heavy (non-hydrogen) atoms. The number of amides is 1. The van der Waals surface area contributed by atoms with E-state index >= 15 is 0 Å². The van der Waals surface area contributed by atoms with Crippen LogP contribution in [0.3, 0.4) is 0 Å². The van der Waals surface area contributed by atoms with Crippen LogP contribution in [-0.2, 0) is 19.4 Å². The average Bonchev–Trinajstić information content (AvgIpc) is 3.28. The maximum Gasteiger partial charge on any atom is 0.339 e. The van der Waals surface area contributed by atoms with Gasteiger partial charge in [-0.1, -0.05) is 22.7 Å². The van der Waals surface area contributed by atoms with Gasteiger partial charge in [0.05, 0.1) is 17.7 Å². The van der Waals surface area contributed by atoms with Gasteiger partial charge in [-0.15, -0.1) is 5.10 Å². The van der Waals surface area contributed by atoms with E-state index in [9.17, 15) is 18.0 Å². The molecule has 1 amide bonds. The zero-order valence-electron chi connectivity index (χ0n) is 15.2. The van der Waals surface area contributed by atoms with Crippen molar-refractivity contribution in [1.82, 2.24) is 14.5 Å². The molecular formula is C18H19N3O5S2. The third-order valence-corrected chi connectivity index (χ3v) is 7.67. The number of esters is 1. The molecule has 2 aliphatic rings. The molecule has 4 rings (SSSR count). The number of aromatic nitrogens is 2. The lowest BCUT2D eigenvalue weighted by molar-refractivity contribution is -0.134. The topological polar surface area (TPSA) is 107 Å². The molecule has 8 nitrogen and oxygen atoms in total. The highest BCUT2D eigenvalue weighted by atomic mass is 32.2. The van der Waals surface area contributed by atoms with Gasteiger partial charge >= 0.3 is 5.97 Å². The number of hydrogen-bond acceptors (Lipinski definition) is 8. The van der Waals surface area contributed by atoms with Crippen molar-refractivity contribution in [3.8, 4) is 0 Å². The van der Waals surface area contributed by atoms with Gasteiger partial charge < -0.3 is 9.64 Å². The molecule has 10 heteroatoms. The Kier molecular flexibility index (Phi) is 4.92. The standard InChI is InChI=1S/C18H19N3O5S2/c1-28(24,25)18-16(19-20-27-18)11-5-4-8-21(10-11)15(22)9-14-12-6-2-3-7-13(12)17(23)26-14/h2-3,6-7,11,14H,4-5,8-10H2,1H3/t11-,14+/m0/s1. The Morgan fingerprint density at radius 3 is 2.93 bits per heavy atom. The third-order valence-electron chi connectivity index (χ3n) is 5.12. The molecular weight excluding hydrogens is 402 g/mol. The van der Waals surface area contributed by atoms with E-state index in [0.29, 0.717) is 24.3 Å². The van der Waals surface area contributed by atoms with Crippen molar-refractivity contribution in [3.63, 3.8) is 0 Å². The van der Waals surface area contributed by atoms with Crippen LogP contribution in [0.5, 0.6) is 0 Å². The lowest BCUT2D eigenvalue weighted by atomic mass is 9.94. The normalized spacial score (nSPS) is 22.0. The summed E-state index contributed by atoms with van der Waals surface area (Å²) in [4.78, 5) is 26.5. The van der Waals surface area contributed by atoms with Gasteiger partial charge in [0.2, 0.25) is 5.91 Å². The maximum absolute atomic E-state index is 12.9. The highest BCUT2D eigenvalue weighted by molar-refractivity contribution is 7.92. The summed E-state index contributed by atoms with van der Waals surface area (Å²) in [6.07, 6.45) is 2.13. The van der Waals surface area contributed by atoms with Crippen LogP contribution in [-0.4, -0.2) is 54.1 Å². The summed E-state index contributed by atoms with van der Waals surface area (Å²) in [6.45, 7) is 0.971. The Morgan fingerprint density at radius 1 is 1.36 bits per heavy atom. The predicted octanol–water partition coefficient (Wildman–Crippen LogP) is 1.95. The van der Waals surface area contributed by atoms with Crippen molar-refractivity contribution < 1.29 is 22.7 Å². The summed E-state index contributed by atoms with van der Waals surface area (Å²) in [5.74, 6) is -0.695. The van der Waals surface area contributed by atoms with Crippen LogP contribution < -0.4 is 0 Å². The second-order valence-corrected chi connectivity index (χ2v) is 10.0. The maximum atomic E-state index is 12.9. The molecule has 1 saturated heterocycles. The van der Waals surface area contributed by atoms with Crippen molar-refractivity contribution in [2.75, 3.05) is 19.3 Å². The molecule has 2 aromatic rings. The number of fused-ring (bicyclic) bond motifs is 1. The van der Waals surface area contributed by atoms with Gasteiger partial charge in [0.15, 0.2) is 14.0 Å². The number of nitrogens with zero attached hydrogens (tertiary/aromatic N) is 3. The molecule has 2 aliphatic heterocycles. The third kappa shape index (κ3) is 3.53. The molecule has 1 aromatic carbocycles. The predicted molar refractivity (Wildman–Crippen MR) is 101 cm³/mol. The molecule has 3 heterocycles. The number of rotatable bonds is 4. The SMILES string of the molecule is CS(=O)(=O)c1snnc1[C@H]1CCCN(C(=O)C[C@H]2OC(=O)c3ccccc32)C1. The Bertz CT molecular complexity index is 1030. The van der Waals surface area contributed by atoms with Gasteiger partial charge in [-0.25, -0.2) is 13.2 Å². The first-order valence-electron chi connectivity index (χ1n) is 8.94. The Hall–Kier alpha value is -2.33. The summed E-state index contributed by atoms with van der Waals surface area (Å²) >= 11 is 0.868. The van der Waals surface area contributed by atoms with Gasteiger partial charge in [0.1, 0.15) is 6.10 Å². The fourth-order valence-corrected chi connectivity index (χ4v) is 5.51. The summed E-state index contributed by atoms with van der Waals surface area (Å²) in [5.41, 5.74) is 1.68. The van der Waals surface area contributed by atoms with Crippen LogP contribution in [0.15, 0.2) is 28.5 Å². The number of carbonyl (C=O) groups is 2. The van der Waals surface area contributed by atoms with E-state index in [4.69, 9.17) is 4.74 Å². The molecule has 1 aromatic heterocycles. The molecule has 148 valence electrons. The number of sulfone groups is 1. The van der Waals surface area contributed by atoms with Crippen LogP contribution in [0.1, 0.15) is 52.9 Å². The van der Waals surface area contributed by atoms with Crippen LogP contribution in [0, 0.1) is 0 Å². The van der Waals surface area contributed by atoms with E-state index in [0.717, 1.165) is 36.2 Å². The lowest BCUT2D eigenvalue weighted by Gasteiger charge is -2.32. The number of piperidine rings is 1. The number of ether oxygens (including phenoxy) is 1. The highest BCUT2D eigenvalue weighted by Gasteiger charge is 2.35. The fraction of sp³-hybridized carbons (Fsp3) is 0.444. The van der Waals surface area contributed by atoms with Gasteiger partial charge in [-0.2, -0.15) is 0 Å². The number of benzene rings is 1. The molecule has 0 radical (unpaired) electrons. The summed E-state index contributed by atoms with van der Waals surface area (Å²) in [7, 11) is -3.40. The quantitative estimate of drug-likeness (QED) is 0.695. The first kappa shape index (κ1) is 19.0. The molecule has 0 saturated carbocycles. The van der Waals surface area contributed by atoms with Gasteiger partial charge in [-0.05, 0) is 18.9 Å². The molecule has 0 unspecified atom stereocenters. The zero-order chi connectivity index (χ0) is 19.9. The number of cyclic esters (lactones) is 1. The molecule has 1 fully saturated rings. The minimum atomic E-state index is -3.40. The Labute approximate surface area is 166 Å². The molecule has 0 spiro atoms. The lowest BCUT2D eigenvalue weighted by Crippen LogP contribution is -2.40. The van der Waals surface area contributed by atoms with Gasteiger partial charge in [0, 0.05) is 42.4 Å². The Balaban J connectivity index is 1.48. The van der Waals surface area contributed by atoms with Crippen molar-refractivity contribution in [2.24, 2.45) is 0 Å². The van der Waals surface area contributed by atoms with Crippen LogP contribution in [0.4, 0.5) is 0 Å². The average molecular weight is 422 g/mol. The molecule has 0 bridgehead atoms.